The molecule has 1 aliphatic carbocycles. The van der Waals surface area contributed by atoms with Crippen molar-refractivity contribution >= 4 is 35.0 Å². The largest absolute Gasteiger partial charge is 0.353 e. The van der Waals surface area contributed by atoms with Gasteiger partial charge in [-0.15, -0.1) is 11.8 Å². The summed E-state index contributed by atoms with van der Waals surface area (Å²) in [7, 11) is 0. The van der Waals surface area contributed by atoms with Crippen LogP contribution in [-0.4, -0.2) is 29.4 Å². The van der Waals surface area contributed by atoms with Crippen molar-refractivity contribution in [2.75, 3.05) is 11.1 Å². The minimum absolute atomic E-state index is 0.0164. The lowest BCUT2D eigenvalue weighted by Crippen LogP contribution is -2.36. The molecule has 5 nitrogen and oxygen atoms in total. The number of thioether (sulfide) groups is 1. The van der Waals surface area contributed by atoms with Gasteiger partial charge in [0.1, 0.15) is 0 Å². The summed E-state index contributed by atoms with van der Waals surface area (Å²) in [6.45, 7) is 1.51. The Morgan fingerprint density at radius 1 is 0.903 bits per heavy atom. The molecule has 0 unspecified atom stereocenters. The number of amides is 2. The lowest BCUT2D eigenvalue weighted by atomic mass is 9.97. The predicted octanol–water partition coefficient (Wildman–Crippen LogP) is 5.46. The summed E-state index contributed by atoms with van der Waals surface area (Å²) in [5, 5.41) is 6.04. The second-order valence-electron chi connectivity index (χ2n) is 7.98. The molecule has 0 heterocycles. The highest BCUT2D eigenvalue weighted by molar-refractivity contribution is 8.00. The summed E-state index contributed by atoms with van der Waals surface area (Å²) < 4.78 is 0. The standard InChI is InChI=1S/C25H30N2O3S/c1-18(28)19-13-15-21(16-14-19)27-25(30)22-11-7-8-12-23(22)31-17-24(29)26-20-9-5-3-2-4-6-10-20/h7-8,11-16,20H,2-6,9-10,17H2,1H3,(H,26,29)(H,27,30). The summed E-state index contributed by atoms with van der Waals surface area (Å²) in [6, 6.07) is 14.4. The summed E-state index contributed by atoms with van der Waals surface area (Å²) >= 11 is 1.38. The summed E-state index contributed by atoms with van der Waals surface area (Å²) in [5.41, 5.74) is 1.75. The van der Waals surface area contributed by atoms with Gasteiger partial charge in [0, 0.05) is 22.2 Å². The van der Waals surface area contributed by atoms with Gasteiger partial charge >= 0.3 is 0 Å². The molecule has 0 aliphatic heterocycles. The van der Waals surface area contributed by atoms with E-state index in [0.29, 0.717) is 16.8 Å². The Labute approximate surface area is 188 Å². The van der Waals surface area contributed by atoms with Gasteiger partial charge in [-0.1, -0.05) is 44.2 Å². The summed E-state index contributed by atoms with van der Waals surface area (Å²) in [4.78, 5) is 37.5. The Morgan fingerprint density at radius 3 is 2.23 bits per heavy atom. The van der Waals surface area contributed by atoms with Crippen LogP contribution in [0.2, 0.25) is 0 Å². The molecule has 2 amide bonds. The molecule has 0 aromatic heterocycles. The zero-order chi connectivity index (χ0) is 22.1. The first-order valence-electron chi connectivity index (χ1n) is 11.0. The molecular formula is C25H30N2O3S. The third kappa shape index (κ3) is 7.24. The number of rotatable bonds is 7. The maximum atomic E-state index is 12.8. The van der Waals surface area contributed by atoms with E-state index < -0.39 is 0 Å². The molecule has 0 bridgehead atoms. The predicted molar refractivity (Wildman–Crippen MR) is 126 cm³/mol. The number of benzene rings is 2. The van der Waals surface area contributed by atoms with E-state index in [1.807, 2.05) is 18.2 Å². The molecule has 2 N–H and O–H groups in total. The zero-order valence-electron chi connectivity index (χ0n) is 18.0. The summed E-state index contributed by atoms with van der Waals surface area (Å²) in [6.07, 6.45) is 8.26. The summed E-state index contributed by atoms with van der Waals surface area (Å²) in [5.74, 6) is 0.0516. The molecule has 164 valence electrons. The quantitative estimate of drug-likeness (QED) is 0.444. The molecule has 0 atom stereocenters. The number of carbonyl (C=O) groups is 3. The number of hydrogen-bond donors (Lipinski definition) is 2. The van der Waals surface area contributed by atoms with E-state index in [0.717, 1.165) is 17.7 Å². The normalized spacial score (nSPS) is 14.9. The fraction of sp³-hybridized carbons (Fsp3) is 0.400. The Kier molecular flexibility index (Phi) is 8.71. The second kappa shape index (κ2) is 11.7. The van der Waals surface area contributed by atoms with E-state index in [2.05, 4.69) is 10.6 Å². The molecule has 1 aliphatic rings. The van der Waals surface area contributed by atoms with Crippen molar-refractivity contribution in [1.29, 1.82) is 0 Å². The van der Waals surface area contributed by atoms with Crippen molar-refractivity contribution in [2.24, 2.45) is 0 Å². The van der Waals surface area contributed by atoms with Crippen LogP contribution in [-0.2, 0) is 4.79 Å². The van der Waals surface area contributed by atoms with E-state index in [4.69, 9.17) is 0 Å². The van der Waals surface area contributed by atoms with Gasteiger partial charge < -0.3 is 10.6 Å². The minimum atomic E-state index is -0.237. The topological polar surface area (TPSA) is 75.3 Å². The van der Waals surface area contributed by atoms with Crippen molar-refractivity contribution in [1.82, 2.24) is 5.32 Å². The molecule has 6 heteroatoms. The SMILES string of the molecule is CC(=O)c1ccc(NC(=O)c2ccccc2SCC(=O)NC2CCCCCCC2)cc1. The van der Waals surface area contributed by atoms with E-state index in [1.54, 1.807) is 30.3 Å². The fourth-order valence-corrected chi connectivity index (χ4v) is 4.64. The second-order valence-corrected chi connectivity index (χ2v) is 9.00. The van der Waals surface area contributed by atoms with Crippen LogP contribution in [0.15, 0.2) is 53.4 Å². The van der Waals surface area contributed by atoms with Gasteiger partial charge in [0.05, 0.1) is 11.3 Å². The third-order valence-electron chi connectivity index (χ3n) is 5.51. The first-order valence-corrected chi connectivity index (χ1v) is 11.9. The van der Waals surface area contributed by atoms with Crippen LogP contribution in [0.4, 0.5) is 5.69 Å². The number of Topliss-reactive ketones (excluding diaryl/α,β-unsaturated/α-hetero) is 1. The van der Waals surface area contributed by atoms with Crippen LogP contribution in [0.3, 0.4) is 0 Å². The highest BCUT2D eigenvalue weighted by atomic mass is 32.2. The van der Waals surface area contributed by atoms with Crippen LogP contribution in [0, 0.1) is 0 Å². The monoisotopic (exact) mass is 438 g/mol. The molecule has 1 saturated carbocycles. The number of carbonyl (C=O) groups excluding carboxylic acids is 3. The van der Waals surface area contributed by atoms with Crippen molar-refractivity contribution in [3.05, 3.63) is 59.7 Å². The fourth-order valence-electron chi connectivity index (χ4n) is 3.78. The van der Waals surface area contributed by atoms with Crippen LogP contribution >= 0.6 is 11.8 Å². The average molecular weight is 439 g/mol. The Bertz CT molecular complexity index is 903. The van der Waals surface area contributed by atoms with Gasteiger partial charge in [-0.2, -0.15) is 0 Å². The Balaban J connectivity index is 1.57. The molecule has 0 spiro atoms. The van der Waals surface area contributed by atoms with E-state index in [9.17, 15) is 14.4 Å². The molecule has 3 rings (SSSR count). The van der Waals surface area contributed by atoms with Crippen LogP contribution in [0.25, 0.3) is 0 Å². The third-order valence-corrected chi connectivity index (χ3v) is 6.58. The molecule has 31 heavy (non-hydrogen) atoms. The van der Waals surface area contributed by atoms with Crippen molar-refractivity contribution in [3.63, 3.8) is 0 Å². The molecule has 0 radical (unpaired) electrons. The van der Waals surface area contributed by atoms with E-state index in [1.165, 1.54) is 50.8 Å². The molecule has 1 fully saturated rings. The number of nitrogens with one attached hydrogen (secondary N) is 2. The lowest BCUT2D eigenvalue weighted by molar-refractivity contribution is -0.119. The highest BCUT2D eigenvalue weighted by Gasteiger charge is 2.16. The van der Waals surface area contributed by atoms with Gasteiger partial charge in [-0.25, -0.2) is 0 Å². The Hall–Kier alpha value is -2.60. The number of anilines is 1. The number of ketones is 1. The lowest BCUT2D eigenvalue weighted by Gasteiger charge is -2.21. The molecular weight excluding hydrogens is 408 g/mol. The maximum Gasteiger partial charge on any atom is 0.256 e. The zero-order valence-corrected chi connectivity index (χ0v) is 18.8. The van der Waals surface area contributed by atoms with Gasteiger partial charge in [0.2, 0.25) is 5.91 Å². The first-order chi connectivity index (χ1) is 15.0. The van der Waals surface area contributed by atoms with Crippen LogP contribution < -0.4 is 10.6 Å². The van der Waals surface area contributed by atoms with Crippen LogP contribution in [0.1, 0.15) is 72.6 Å². The van der Waals surface area contributed by atoms with Crippen LogP contribution in [0.5, 0.6) is 0 Å². The van der Waals surface area contributed by atoms with Crippen molar-refractivity contribution in [3.8, 4) is 0 Å². The smallest absolute Gasteiger partial charge is 0.256 e. The first kappa shape index (κ1) is 23.1. The highest BCUT2D eigenvalue weighted by Crippen LogP contribution is 2.24. The average Bonchev–Trinajstić information content (AvgIpc) is 2.74. The maximum absolute atomic E-state index is 12.8. The van der Waals surface area contributed by atoms with Crippen molar-refractivity contribution in [2.45, 2.75) is 62.8 Å². The minimum Gasteiger partial charge on any atom is -0.353 e. The van der Waals surface area contributed by atoms with Gasteiger partial charge in [0.15, 0.2) is 5.78 Å². The van der Waals surface area contributed by atoms with E-state index in [-0.39, 0.29) is 29.4 Å². The molecule has 0 saturated heterocycles. The molecule has 2 aromatic rings. The molecule has 2 aromatic carbocycles. The Morgan fingerprint density at radius 2 is 1.55 bits per heavy atom. The van der Waals surface area contributed by atoms with Gasteiger partial charge in [-0.3, -0.25) is 14.4 Å². The number of hydrogen-bond acceptors (Lipinski definition) is 4. The van der Waals surface area contributed by atoms with Gasteiger partial charge in [0.25, 0.3) is 5.91 Å². The van der Waals surface area contributed by atoms with Crippen molar-refractivity contribution < 1.29 is 14.4 Å². The van der Waals surface area contributed by atoms with E-state index >= 15 is 0 Å². The van der Waals surface area contributed by atoms with Gasteiger partial charge in [-0.05, 0) is 56.2 Å².